The van der Waals surface area contributed by atoms with Crippen LogP contribution in [-0.2, 0) is 0 Å². The maximum Gasteiger partial charge on any atom is 0.128 e. The Labute approximate surface area is 137 Å². The van der Waals surface area contributed by atoms with Crippen LogP contribution in [0.3, 0.4) is 0 Å². The molecular formula is C19H19NSSi. The first-order valence-corrected chi connectivity index (χ1v) is 11.4. The molecular weight excluding hydrogens is 302 g/mol. The molecule has 0 atom stereocenters. The molecule has 22 heavy (non-hydrogen) atoms. The van der Waals surface area contributed by atoms with Gasteiger partial charge in [-0.2, -0.15) is 11.3 Å². The highest BCUT2D eigenvalue weighted by molar-refractivity contribution is 7.08. The SMILES string of the molecule is C[Si](C)(/C=C(\c1ccccc1)c1ccsc1)c1ccccn1. The van der Waals surface area contributed by atoms with E-state index in [0.29, 0.717) is 0 Å². The van der Waals surface area contributed by atoms with Crippen LogP contribution in [0.15, 0.2) is 77.3 Å². The predicted octanol–water partition coefficient (Wildman–Crippen LogP) is 4.73. The number of nitrogens with zero attached hydrogens (tertiary/aromatic N) is 1. The quantitative estimate of drug-likeness (QED) is 0.633. The highest BCUT2D eigenvalue weighted by atomic mass is 32.1. The van der Waals surface area contributed by atoms with Crippen LogP contribution in [-0.4, -0.2) is 13.1 Å². The summed E-state index contributed by atoms with van der Waals surface area (Å²) >= 11 is 1.74. The van der Waals surface area contributed by atoms with Crippen LogP contribution in [0.25, 0.3) is 5.57 Å². The number of aromatic nitrogens is 1. The Hall–Kier alpha value is -1.97. The normalized spacial score (nSPS) is 12.4. The van der Waals surface area contributed by atoms with Gasteiger partial charge in [-0.05, 0) is 45.7 Å². The van der Waals surface area contributed by atoms with E-state index in [1.54, 1.807) is 11.3 Å². The van der Waals surface area contributed by atoms with Gasteiger partial charge in [-0.15, -0.1) is 0 Å². The Morgan fingerprint density at radius 3 is 2.36 bits per heavy atom. The summed E-state index contributed by atoms with van der Waals surface area (Å²) in [5.74, 6) is 0. The zero-order valence-electron chi connectivity index (χ0n) is 12.9. The molecule has 0 aliphatic heterocycles. The lowest BCUT2D eigenvalue weighted by Crippen LogP contribution is -2.41. The molecule has 0 aliphatic rings. The summed E-state index contributed by atoms with van der Waals surface area (Å²) in [6.07, 6.45) is 1.89. The third kappa shape index (κ3) is 3.26. The van der Waals surface area contributed by atoms with Gasteiger partial charge in [0.25, 0.3) is 0 Å². The van der Waals surface area contributed by atoms with Gasteiger partial charge in [-0.3, -0.25) is 4.98 Å². The molecule has 0 amide bonds. The molecule has 110 valence electrons. The molecule has 0 spiro atoms. The van der Waals surface area contributed by atoms with E-state index in [0.717, 1.165) is 0 Å². The van der Waals surface area contributed by atoms with Crippen molar-refractivity contribution in [3.8, 4) is 0 Å². The first-order valence-electron chi connectivity index (χ1n) is 7.39. The van der Waals surface area contributed by atoms with E-state index in [4.69, 9.17) is 0 Å². The molecule has 0 aliphatic carbocycles. The van der Waals surface area contributed by atoms with Gasteiger partial charge in [-0.25, -0.2) is 0 Å². The van der Waals surface area contributed by atoms with E-state index in [1.165, 1.54) is 22.0 Å². The molecule has 0 unspecified atom stereocenters. The summed E-state index contributed by atoms with van der Waals surface area (Å²) in [5.41, 5.74) is 6.36. The fraction of sp³-hybridized carbons (Fsp3) is 0.105. The van der Waals surface area contributed by atoms with Crippen molar-refractivity contribution in [3.63, 3.8) is 0 Å². The molecule has 3 aromatic rings. The molecule has 2 heterocycles. The summed E-state index contributed by atoms with van der Waals surface area (Å²) in [6.45, 7) is 4.70. The Morgan fingerprint density at radius 2 is 1.73 bits per heavy atom. The second kappa shape index (κ2) is 6.42. The lowest BCUT2D eigenvalue weighted by molar-refractivity contribution is 1.37. The van der Waals surface area contributed by atoms with Gasteiger partial charge in [0.05, 0.1) is 0 Å². The molecule has 3 heteroatoms. The minimum absolute atomic E-state index is 1.22. The molecule has 1 aromatic carbocycles. The van der Waals surface area contributed by atoms with Crippen LogP contribution in [0.5, 0.6) is 0 Å². The molecule has 1 nitrogen and oxygen atoms in total. The van der Waals surface area contributed by atoms with E-state index in [1.807, 2.05) is 12.3 Å². The summed E-state index contributed by atoms with van der Waals surface area (Å²) in [7, 11) is -1.75. The van der Waals surface area contributed by atoms with E-state index < -0.39 is 8.07 Å². The van der Waals surface area contributed by atoms with Gasteiger partial charge < -0.3 is 0 Å². The number of thiophene rings is 1. The molecule has 0 N–H and O–H groups in total. The van der Waals surface area contributed by atoms with Gasteiger partial charge in [0.2, 0.25) is 0 Å². The van der Waals surface area contributed by atoms with Crippen LogP contribution in [0, 0.1) is 0 Å². The van der Waals surface area contributed by atoms with E-state index in [9.17, 15) is 0 Å². The van der Waals surface area contributed by atoms with Crippen LogP contribution >= 0.6 is 11.3 Å². The average molecular weight is 322 g/mol. The van der Waals surface area contributed by atoms with Crippen molar-refractivity contribution in [2.45, 2.75) is 13.1 Å². The van der Waals surface area contributed by atoms with Gasteiger partial charge in [0.15, 0.2) is 0 Å². The van der Waals surface area contributed by atoms with Crippen LogP contribution < -0.4 is 5.32 Å². The standard InChI is InChI=1S/C19H19NSSi/c1-22(2,19-10-6-7-12-20-19)15-18(17-11-13-21-14-17)16-8-4-3-5-9-16/h3-15H,1-2H3/b18-15+. The monoisotopic (exact) mass is 321 g/mol. The largest absolute Gasteiger partial charge is 0.266 e. The maximum atomic E-state index is 4.60. The van der Waals surface area contributed by atoms with Gasteiger partial charge >= 0.3 is 0 Å². The lowest BCUT2D eigenvalue weighted by Gasteiger charge is -2.20. The minimum Gasteiger partial charge on any atom is -0.266 e. The van der Waals surface area contributed by atoms with Crippen LogP contribution in [0.2, 0.25) is 13.1 Å². The van der Waals surface area contributed by atoms with Gasteiger partial charge in [0, 0.05) is 11.5 Å². The van der Waals surface area contributed by atoms with Crippen molar-refractivity contribution in [2.75, 3.05) is 0 Å². The summed E-state index contributed by atoms with van der Waals surface area (Å²) < 4.78 is 0. The van der Waals surface area contributed by atoms with Crippen molar-refractivity contribution < 1.29 is 0 Å². The van der Waals surface area contributed by atoms with Gasteiger partial charge in [0.1, 0.15) is 8.07 Å². The zero-order valence-corrected chi connectivity index (χ0v) is 14.7. The highest BCUT2D eigenvalue weighted by Crippen LogP contribution is 2.27. The molecule has 0 bridgehead atoms. The minimum atomic E-state index is -1.75. The number of hydrogen-bond acceptors (Lipinski definition) is 2. The first kappa shape index (κ1) is 14.9. The van der Waals surface area contributed by atoms with Crippen molar-refractivity contribution >= 4 is 30.3 Å². The topological polar surface area (TPSA) is 12.9 Å². The smallest absolute Gasteiger partial charge is 0.128 e. The molecule has 0 saturated heterocycles. The molecule has 3 rings (SSSR count). The van der Waals surface area contributed by atoms with Crippen molar-refractivity contribution in [1.29, 1.82) is 0 Å². The predicted molar refractivity (Wildman–Crippen MR) is 99.2 cm³/mol. The second-order valence-electron chi connectivity index (χ2n) is 5.87. The highest BCUT2D eigenvalue weighted by Gasteiger charge is 2.24. The van der Waals surface area contributed by atoms with E-state index >= 15 is 0 Å². The van der Waals surface area contributed by atoms with E-state index in [-0.39, 0.29) is 0 Å². The molecule has 0 fully saturated rings. The molecule has 0 radical (unpaired) electrons. The van der Waals surface area contributed by atoms with Gasteiger partial charge in [-0.1, -0.05) is 55.2 Å². The second-order valence-corrected chi connectivity index (χ2v) is 10.9. The third-order valence-electron chi connectivity index (χ3n) is 3.75. The Morgan fingerprint density at radius 1 is 0.955 bits per heavy atom. The number of pyridine rings is 1. The molecule has 0 saturated carbocycles. The Kier molecular flexibility index (Phi) is 4.36. The average Bonchev–Trinajstić information content (AvgIpc) is 3.09. The van der Waals surface area contributed by atoms with E-state index in [2.05, 4.69) is 83.1 Å². The van der Waals surface area contributed by atoms with Crippen LogP contribution in [0.4, 0.5) is 0 Å². The summed E-state index contributed by atoms with van der Waals surface area (Å²) in [4.78, 5) is 4.60. The number of benzene rings is 1. The number of hydrogen-bond donors (Lipinski definition) is 0. The van der Waals surface area contributed by atoms with Crippen molar-refractivity contribution in [3.05, 3.63) is 88.4 Å². The summed E-state index contributed by atoms with van der Waals surface area (Å²) in [6, 6.07) is 19.1. The van der Waals surface area contributed by atoms with Crippen molar-refractivity contribution in [1.82, 2.24) is 4.98 Å². The zero-order chi connectivity index (χ0) is 15.4. The van der Waals surface area contributed by atoms with Crippen molar-refractivity contribution in [2.24, 2.45) is 0 Å². The lowest BCUT2D eigenvalue weighted by atomic mass is 10.0. The summed E-state index contributed by atoms with van der Waals surface area (Å²) in [5, 5.41) is 5.59. The Balaban J connectivity index is 2.10. The fourth-order valence-corrected chi connectivity index (χ4v) is 5.34. The number of rotatable bonds is 4. The first-order chi connectivity index (χ1) is 10.7. The Bertz CT molecular complexity index is 747. The molecule has 2 aromatic heterocycles. The third-order valence-corrected chi connectivity index (χ3v) is 7.06. The maximum absolute atomic E-state index is 4.60. The fourth-order valence-electron chi connectivity index (χ4n) is 2.55. The van der Waals surface area contributed by atoms with Crippen LogP contribution in [0.1, 0.15) is 11.1 Å².